The van der Waals surface area contributed by atoms with E-state index in [4.69, 9.17) is 4.74 Å². The van der Waals surface area contributed by atoms with Crippen molar-refractivity contribution in [2.24, 2.45) is 0 Å². The lowest BCUT2D eigenvalue weighted by molar-refractivity contribution is 0.320. The number of hydrogen-bond donors (Lipinski definition) is 0. The number of rotatable bonds is 13. The summed E-state index contributed by atoms with van der Waals surface area (Å²) in [6.07, 6.45) is 21.5. The molecule has 2 heteroatoms. The van der Waals surface area contributed by atoms with E-state index in [0.29, 0.717) is 6.10 Å². The Labute approximate surface area is 167 Å². The Morgan fingerprint density at radius 3 is 1.88 bits per heavy atom. The molecule has 0 saturated carbocycles. The molecule has 1 rings (SSSR count). The second-order valence-electron chi connectivity index (χ2n) is 8.16. The third kappa shape index (κ3) is 11.1. The van der Waals surface area contributed by atoms with Gasteiger partial charge in [-0.3, -0.25) is 0 Å². The van der Waals surface area contributed by atoms with Gasteiger partial charge in [-0.25, -0.2) is 0 Å². The van der Waals surface area contributed by atoms with Crippen molar-refractivity contribution in [3.63, 3.8) is 0 Å². The minimum Gasteiger partial charge on any atom is -0.367 e. The zero-order valence-electron chi connectivity index (χ0n) is 17.9. The number of epoxide rings is 1. The molecule has 1 saturated heterocycles. The van der Waals surface area contributed by atoms with Crippen LogP contribution in [-0.4, -0.2) is 18.0 Å². The summed E-state index contributed by atoms with van der Waals surface area (Å²) in [5.74, 6) is 0. The molecule has 0 aromatic heterocycles. The van der Waals surface area contributed by atoms with Crippen LogP contribution in [-0.2, 0) is 4.74 Å². The van der Waals surface area contributed by atoms with Gasteiger partial charge in [-0.15, -0.1) is 11.8 Å². The zero-order chi connectivity index (χ0) is 19.4. The van der Waals surface area contributed by atoms with E-state index in [-0.39, 0.29) is 5.60 Å². The van der Waals surface area contributed by atoms with E-state index in [1.807, 2.05) is 0 Å². The molecular weight excluding hydrogens is 336 g/mol. The summed E-state index contributed by atoms with van der Waals surface area (Å²) < 4.78 is 5.66. The van der Waals surface area contributed by atoms with E-state index in [2.05, 4.69) is 70.6 Å². The van der Waals surface area contributed by atoms with Gasteiger partial charge in [0.15, 0.2) is 0 Å². The van der Waals surface area contributed by atoms with Gasteiger partial charge in [-0.1, -0.05) is 41.0 Å². The highest BCUT2D eigenvalue weighted by atomic mass is 32.2. The Hall–Kier alpha value is -0.730. The fourth-order valence-corrected chi connectivity index (χ4v) is 3.41. The highest BCUT2D eigenvalue weighted by Crippen LogP contribution is 2.38. The summed E-state index contributed by atoms with van der Waals surface area (Å²) in [6, 6.07) is 0. The molecule has 1 aliphatic heterocycles. The van der Waals surface area contributed by atoms with Gasteiger partial charge in [0.25, 0.3) is 0 Å². The van der Waals surface area contributed by atoms with Gasteiger partial charge in [-0.05, 0) is 97.6 Å². The van der Waals surface area contributed by atoms with Crippen molar-refractivity contribution < 1.29 is 4.74 Å². The van der Waals surface area contributed by atoms with Crippen molar-refractivity contribution in [3.05, 3.63) is 46.4 Å². The van der Waals surface area contributed by atoms with Crippen LogP contribution >= 0.6 is 11.8 Å². The minimum absolute atomic E-state index is 0.137. The van der Waals surface area contributed by atoms with Gasteiger partial charge in [0.1, 0.15) is 0 Å². The van der Waals surface area contributed by atoms with Crippen LogP contribution in [0.15, 0.2) is 46.4 Å². The molecule has 0 amide bonds. The second kappa shape index (κ2) is 12.6. The maximum Gasteiger partial charge on any atom is 0.0892 e. The first-order chi connectivity index (χ1) is 12.3. The molecule has 0 aliphatic carbocycles. The van der Waals surface area contributed by atoms with Gasteiger partial charge in [0, 0.05) is 0 Å². The lowest BCUT2D eigenvalue weighted by Crippen LogP contribution is -2.02. The van der Waals surface area contributed by atoms with Crippen LogP contribution in [0.25, 0.3) is 0 Å². The van der Waals surface area contributed by atoms with E-state index >= 15 is 0 Å². The van der Waals surface area contributed by atoms with E-state index < -0.39 is 0 Å². The van der Waals surface area contributed by atoms with Crippen molar-refractivity contribution >= 4 is 11.8 Å². The Morgan fingerprint density at radius 1 is 0.846 bits per heavy atom. The molecule has 0 spiro atoms. The summed E-state index contributed by atoms with van der Waals surface area (Å²) in [5.41, 5.74) is 4.69. The summed E-state index contributed by atoms with van der Waals surface area (Å²) in [4.78, 5) is 0. The first-order valence-electron chi connectivity index (χ1n) is 10.2. The molecule has 0 aromatic carbocycles. The number of ether oxygens (including phenoxy) is 1. The van der Waals surface area contributed by atoms with E-state index in [0.717, 1.165) is 6.42 Å². The second-order valence-corrected chi connectivity index (χ2v) is 8.91. The number of allylic oxidation sites excluding steroid dienone is 7. The maximum atomic E-state index is 5.66. The van der Waals surface area contributed by atoms with Gasteiger partial charge < -0.3 is 4.74 Å². The Morgan fingerprint density at radius 2 is 1.35 bits per heavy atom. The number of hydrogen-bond acceptors (Lipinski definition) is 2. The maximum absolute atomic E-state index is 5.66. The van der Waals surface area contributed by atoms with Crippen molar-refractivity contribution in [2.75, 3.05) is 6.26 Å². The summed E-state index contributed by atoms with van der Waals surface area (Å²) in [6.45, 7) is 11.2. The fourth-order valence-electron chi connectivity index (χ4n) is 3.09. The van der Waals surface area contributed by atoms with Gasteiger partial charge in [-0.2, -0.15) is 0 Å². The van der Waals surface area contributed by atoms with Crippen LogP contribution < -0.4 is 0 Å². The Balaban J connectivity index is 2.13. The molecule has 0 aromatic rings. The Bertz CT molecular complexity index is 522. The van der Waals surface area contributed by atoms with Crippen LogP contribution in [0.1, 0.15) is 86.0 Å². The molecule has 0 radical (unpaired) electrons. The summed E-state index contributed by atoms with van der Waals surface area (Å²) >= 11 is 1.78. The highest BCUT2D eigenvalue weighted by molar-refractivity contribution is 8.01. The molecule has 148 valence electrons. The SMILES string of the molecule is CS/C=C/CC/C(C)=C/CC/C=C(\C)CC/C=C(\C)CCC1OC1(C)C. The molecule has 0 bridgehead atoms. The third-order valence-electron chi connectivity index (χ3n) is 5.09. The predicted octanol–water partition coefficient (Wildman–Crippen LogP) is 8.00. The quantitative estimate of drug-likeness (QED) is 0.183. The zero-order valence-corrected chi connectivity index (χ0v) is 18.8. The molecule has 1 nitrogen and oxygen atoms in total. The molecule has 26 heavy (non-hydrogen) atoms. The fraction of sp³-hybridized carbons (Fsp3) is 0.667. The lowest BCUT2D eigenvalue weighted by atomic mass is 10.0. The average molecular weight is 377 g/mol. The van der Waals surface area contributed by atoms with Crippen LogP contribution in [0.4, 0.5) is 0 Å². The first-order valence-corrected chi connectivity index (χ1v) is 11.5. The average Bonchev–Trinajstić information content (AvgIpc) is 3.20. The predicted molar refractivity (Wildman–Crippen MR) is 120 cm³/mol. The van der Waals surface area contributed by atoms with E-state index in [1.165, 1.54) is 61.7 Å². The van der Waals surface area contributed by atoms with Gasteiger partial charge in [0.05, 0.1) is 11.7 Å². The van der Waals surface area contributed by atoms with Gasteiger partial charge in [0.2, 0.25) is 0 Å². The molecule has 1 aliphatic rings. The smallest absolute Gasteiger partial charge is 0.0892 e. The molecule has 1 unspecified atom stereocenters. The van der Waals surface area contributed by atoms with E-state index in [1.54, 1.807) is 11.8 Å². The topological polar surface area (TPSA) is 12.5 Å². The van der Waals surface area contributed by atoms with Gasteiger partial charge >= 0.3 is 0 Å². The van der Waals surface area contributed by atoms with Crippen LogP contribution in [0, 0.1) is 0 Å². The largest absolute Gasteiger partial charge is 0.367 e. The first kappa shape index (κ1) is 23.3. The summed E-state index contributed by atoms with van der Waals surface area (Å²) in [7, 11) is 0. The van der Waals surface area contributed by atoms with Crippen molar-refractivity contribution in [2.45, 2.75) is 97.7 Å². The van der Waals surface area contributed by atoms with Crippen molar-refractivity contribution in [1.29, 1.82) is 0 Å². The monoisotopic (exact) mass is 376 g/mol. The molecule has 0 N–H and O–H groups in total. The number of unbranched alkanes of at least 4 members (excludes halogenated alkanes) is 1. The molecule has 1 atom stereocenters. The third-order valence-corrected chi connectivity index (χ3v) is 5.55. The van der Waals surface area contributed by atoms with Crippen LogP contribution in [0.3, 0.4) is 0 Å². The number of thioether (sulfide) groups is 1. The highest BCUT2D eigenvalue weighted by Gasteiger charge is 2.46. The lowest BCUT2D eigenvalue weighted by Gasteiger charge is -2.02. The molecule has 1 heterocycles. The van der Waals surface area contributed by atoms with Crippen LogP contribution in [0.5, 0.6) is 0 Å². The van der Waals surface area contributed by atoms with Crippen molar-refractivity contribution in [3.8, 4) is 0 Å². The molecular formula is C24H40OS. The van der Waals surface area contributed by atoms with Crippen LogP contribution in [0.2, 0.25) is 0 Å². The normalized spacial score (nSPS) is 20.8. The molecule has 1 fully saturated rings. The standard InChI is InChI=1S/C24H40OS/c1-20(14-9-10-19-26-6)12-7-8-13-21(2)15-11-16-22(3)17-18-23-24(4,5)25-23/h10,12-13,16,19,23H,7-9,11,14-15,17-18H2,1-6H3/b19-10+,20-12+,21-13+,22-16+. The summed E-state index contributed by atoms with van der Waals surface area (Å²) in [5, 5.41) is 2.18. The van der Waals surface area contributed by atoms with E-state index in [9.17, 15) is 0 Å². The Kier molecular flexibility index (Phi) is 11.3. The van der Waals surface area contributed by atoms with Crippen molar-refractivity contribution in [1.82, 2.24) is 0 Å². The minimum atomic E-state index is 0.137.